The molecule has 2 fully saturated rings. The summed E-state index contributed by atoms with van der Waals surface area (Å²) in [5.74, 6) is -0.114. The normalized spacial score (nSPS) is 21.5. The number of carbonyl (C=O) groups is 1. The highest BCUT2D eigenvalue weighted by molar-refractivity contribution is 5.95. The second kappa shape index (κ2) is 6.39. The Morgan fingerprint density at radius 2 is 2.21 bits per heavy atom. The van der Waals surface area contributed by atoms with Crippen molar-refractivity contribution in [3.8, 4) is 5.88 Å². The van der Waals surface area contributed by atoms with Crippen molar-refractivity contribution in [3.05, 3.63) is 17.8 Å². The highest BCUT2D eigenvalue weighted by atomic mass is 16.5. The van der Waals surface area contributed by atoms with Gasteiger partial charge in [0.15, 0.2) is 5.65 Å². The molecule has 3 heterocycles. The molecule has 1 saturated carbocycles. The molecule has 24 heavy (non-hydrogen) atoms. The molecule has 0 amide bonds. The van der Waals surface area contributed by atoms with E-state index in [0.717, 1.165) is 44.1 Å². The predicted octanol–water partition coefficient (Wildman–Crippen LogP) is 2.50. The van der Waals surface area contributed by atoms with Crippen molar-refractivity contribution in [2.45, 2.75) is 44.2 Å². The third kappa shape index (κ3) is 2.84. The van der Waals surface area contributed by atoms with Crippen LogP contribution in [0.5, 0.6) is 5.88 Å². The number of hydrogen-bond acceptors (Lipinski definition) is 6. The van der Waals surface area contributed by atoms with Gasteiger partial charge in [-0.15, -0.1) is 0 Å². The Balaban J connectivity index is 1.70. The highest BCUT2D eigenvalue weighted by Crippen LogP contribution is 2.29. The predicted molar refractivity (Wildman–Crippen MR) is 86.2 cm³/mol. The van der Waals surface area contributed by atoms with Gasteiger partial charge in [0.1, 0.15) is 11.7 Å². The zero-order valence-corrected chi connectivity index (χ0v) is 13.7. The molecule has 0 bridgehead atoms. The summed E-state index contributed by atoms with van der Waals surface area (Å²) in [6, 6.07) is 1.97. The second-order valence-electron chi connectivity index (χ2n) is 6.40. The van der Waals surface area contributed by atoms with Gasteiger partial charge in [0, 0.05) is 18.2 Å². The third-order valence-corrected chi connectivity index (χ3v) is 4.72. The molecule has 128 valence electrons. The standard InChI is InChI=1S/C17H21N3O4/c1-22-17(21)14-8-11-9-20(12-4-3-7-23-10-12)19-15(11)18-16(14)24-13-5-2-6-13/h8-9,12-13H,2-7,10H2,1H3. The molecule has 7 heteroatoms. The van der Waals surface area contributed by atoms with Crippen LogP contribution < -0.4 is 4.74 Å². The first kappa shape index (κ1) is 15.4. The summed E-state index contributed by atoms with van der Waals surface area (Å²) in [6.45, 7) is 1.46. The first-order valence-electron chi connectivity index (χ1n) is 8.47. The van der Waals surface area contributed by atoms with E-state index in [1.165, 1.54) is 7.11 Å². The minimum atomic E-state index is -0.438. The van der Waals surface area contributed by atoms with Crippen LogP contribution in [-0.2, 0) is 9.47 Å². The number of fused-ring (bicyclic) bond motifs is 1. The lowest BCUT2D eigenvalue weighted by Gasteiger charge is -2.26. The van der Waals surface area contributed by atoms with E-state index in [9.17, 15) is 4.79 Å². The summed E-state index contributed by atoms with van der Waals surface area (Å²) in [4.78, 5) is 16.6. The van der Waals surface area contributed by atoms with Gasteiger partial charge >= 0.3 is 5.97 Å². The van der Waals surface area contributed by atoms with Crippen LogP contribution in [0.25, 0.3) is 11.0 Å². The SMILES string of the molecule is COC(=O)c1cc2cn(C3CCCOC3)nc2nc1OC1CCC1. The average Bonchev–Trinajstić information content (AvgIpc) is 3.00. The topological polar surface area (TPSA) is 75.5 Å². The fraction of sp³-hybridized carbons (Fsp3) is 0.588. The van der Waals surface area contributed by atoms with Crippen molar-refractivity contribution in [1.29, 1.82) is 0 Å². The highest BCUT2D eigenvalue weighted by Gasteiger charge is 2.25. The fourth-order valence-electron chi connectivity index (χ4n) is 3.07. The van der Waals surface area contributed by atoms with E-state index in [2.05, 4.69) is 10.1 Å². The van der Waals surface area contributed by atoms with Crippen molar-refractivity contribution in [2.75, 3.05) is 20.3 Å². The maximum absolute atomic E-state index is 12.1. The summed E-state index contributed by atoms with van der Waals surface area (Å²) >= 11 is 0. The zero-order chi connectivity index (χ0) is 16.5. The van der Waals surface area contributed by atoms with E-state index in [-0.39, 0.29) is 12.1 Å². The molecule has 0 spiro atoms. The maximum atomic E-state index is 12.1. The Kier molecular flexibility index (Phi) is 4.10. The molecule has 0 radical (unpaired) electrons. The Bertz CT molecular complexity index is 748. The molecule has 7 nitrogen and oxygen atoms in total. The van der Waals surface area contributed by atoms with Crippen molar-refractivity contribution < 1.29 is 19.0 Å². The summed E-state index contributed by atoms with van der Waals surface area (Å²) in [5, 5.41) is 5.38. The van der Waals surface area contributed by atoms with E-state index in [0.29, 0.717) is 23.7 Å². The Morgan fingerprint density at radius 1 is 1.33 bits per heavy atom. The number of esters is 1. The van der Waals surface area contributed by atoms with Gasteiger partial charge < -0.3 is 14.2 Å². The van der Waals surface area contributed by atoms with Crippen LogP contribution >= 0.6 is 0 Å². The first-order chi connectivity index (χ1) is 11.7. The van der Waals surface area contributed by atoms with Crippen LogP contribution in [0.4, 0.5) is 0 Å². The quantitative estimate of drug-likeness (QED) is 0.801. The molecule has 1 aliphatic heterocycles. The average molecular weight is 331 g/mol. The van der Waals surface area contributed by atoms with Gasteiger partial charge in [0.2, 0.25) is 5.88 Å². The minimum Gasteiger partial charge on any atom is -0.474 e. The molecule has 1 atom stereocenters. The molecular formula is C17H21N3O4. The maximum Gasteiger partial charge on any atom is 0.343 e. The molecule has 1 saturated heterocycles. The monoisotopic (exact) mass is 331 g/mol. The van der Waals surface area contributed by atoms with Crippen LogP contribution in [0.2, 0.25) is 0 Å². The van der Waals surface area contributed by atoms with Gasteiger partial charge in [-0.05, 0) is 38.2 Å². The number of aromatic nitrogens is 3. The number of pyridine rings is 1. The minimum absolute atomic E-state index is 0.132. The number of carbonyl (C=O) groups excluding carboxylic acids is 1. The summed E-state index contributed by atoms with van der Waals surface area (Å²) in [5.41, 5.74) is 0.943. The fourth-order valence-corrected chi connectivity index (χ4v) is 3.07. The lowest BCUT2D eigenvalue weighted by atomic mass is 9.96. The lowest BCUT2D eigenvalue weighted by molar-refractivity contribution is 0.0551. The molecule has 1 unspecified atom stereocenters. The number of methoxy groups -OCH3 is 1. The van der Waals surface area contributed by atoms with E-state index in [4.69, 9.17) is 14.2 Å². The molecule has 0 N–H and O–H groups in total. The first-order valence-corrected chi connectivity index (χ1v) is 8.47. The van der Waals surface area contributed by atoms with Gasteiger partial charge in [0.05, 0.1) is 19.8 Å². The van der Waals surface area contributed by atoms with Crippen molar-refractivity contribution in [2.24, 2.45) is 0 Å². The molecule has 4 rings (SSSR count). The Hall–Kier alpha value is -2.15. The van der Waals surface area contributed by atoms with E-state index < -0.39 is 5.97 Å². The number of nitrogens with zero attached hydrogens (tertiary/aromatic N) is 3. The Morgan fingerprint density at radius 3 is 2.88 bits per heavy atom. The van der Waals surface area contributed by atoms with Crippen LogP contribution in [0, 0.1) is 0 Å². The van der Waals surface area contributed by atoms with E-state index in [1.54, 1.807) is 6.07 Å². The van der Waals surface area contributed by atoms with E-state index >= 15 is 0 Å². The van der Waals surface area contributed by atoms with Crippen LogP contribution in [-0.4, -0.2) is 47.2 Å². The number of hydrogen-bond donors (Lipinski definition) is 0. The Labute approximate surface area is 139 Å². The van der Waals surface area contributed by atoms with Crippen LogP contribution in [0.1, 0.15) is 48.5 Å². The largest absolute Gasteiger partial charge is 0.474 e. The van der Waals surface area contributed by atoms with Gasteiger partial charge in [-0.2, -0.15) is 10.1 Å². The lowest BCUT2D eigenvalue weighted by Crippen LogP contribution is -2.26. The van der Waals surface area contributed by atoms with Gasteiger partial charge in [-0.25, -0.2) is 4.79 Å². The van der Waals surface area contributed by atoms with Gasteiger partial charge in [-0.3, -0.25) is 4.68 Å². The van der Waals surface area contributed by atoms with Crippen LogP contribution in [0.15, 0.2) is 12.3 Å². The molecule has 2 aromatic heterocycles. The number of ether oxygens (including phenoxy) is 3. The van der Waals surface area contributed by atoms with Crippen molar-refractivity contribution in [1.82, 2.24) is 14.8 Å². The smallest absolute Gasteiger partial charge is 0.343 e. The molecule has 0 aromatic carbocycles. The third-order valence-electron chi connectivity index (χ3n) is 4.72. The zero-order valence-electron chi connectivity index (χ0n) is 13.7. The second-order valence-corrected chi connectivity index (χ2v) is 6.40. The summed E-state index contributed by atoms with van der Waals surface area (Å²) in [7, 11) is 1.36. The molecule has 2 aromatic rings. The van der Waals surface area contributed by atoms with Gasteiger partial charge in [0.25, 0.3) is 0 Å². The van der Waals surface area contributed by atoms with Crippen molar-refractivity contribution in [3.63, 3.8) is 0 Å². The number of rotatable bonds is 4. The molecule has 1 aliphatic carbocycles. The molecule has 2 aliphatic rings. The van der Waals surface area contributed by atoms with Gasteiger partial charge in [-0.1, -0.05) is 0 Å². The summed E-state index contributed by atoms with van der Waals surface area (Å²) in [6.07, 6.45) is 7.24. The van der Waals surface area contributed by atoms with E-state index in [1.807, 2.05) is 10.9 Å². The van der Waals surface area contributed by atoms with Crippen LogP contribution in [0.3, 0.4) is 0 Å². The summed E-state index contributed by atoms with van der Waals surface area (Å²) < 4.78 is 18.2. The molecular weight excluding hydrogens is 310 g/mol. The van der Waals surface area contributed by atoms with Crippen molar-refractivity contribution >= 4 is 17.0 Å².